The molecule has 1 amide bonds. The van der Waals surface area contributed by atoms with Gasteiger partial charge in [-0.2, -0.15) is 0 Å². The maximum atomic E-state index is 13.2. The number of amides is 1. The molecule has 0 aliphatic heterocycles. The second-order valence-corrected chi connectivity index (χ2v) is 18.3. The summed E-state index contributed by atoms with van der Waals surface area (Å²) in [6.45, 7) is 6.46. The van der Waals surface area contributed by atoms with E-state index < -0.39 is 18.2 Å². The van der Waals surface area contributed by atoms with Crippen molar-refractivity contribution in [3.63, 3.8) is 0 Å². The van der Waals surface area contributed by atoms with Crippen molar-refractivity contribution in [3.05, 3.63) is 36.5 Å². The van der Waals surface area contributed by atoms with E-state index in [4.69, 9.17) is 4.74 Å². The van der Waals surface area contributed by atoms with Gasteiger partial charge in [0.05, 0.1) is 25.2 Å². The Bertz CT molecular complexity index is 1010. The first-order chi connectivity index (χ1) is 30.0. The zero-order chi connectivity index (χ0) is 44.5. The quantitative estimate of drug-likeness (QED) is 0.0322. The Morgan fingerprint density at radius 3 is 1.30 bits per heavy atom. The molecule has 3 N–H and O–H groups in total. The lowest BCUT2D eigenvalue weighted by molar-refractivity contribution is -0.151. The molecule has 0 radical (unpaired) electrons. The molecule has 61 heavy (non-hydrogen) atoms. The smallest absolute Gasteiger partial charge is 0.306 e. The summed E-state index contributed by atoms with van der Waals surface area (Å²) in [5, 5.41) is 23.8. The van der Waals surface area contributed by atoms with Crippen LogP contribution in [0.3, 0.4) is 0 Å². The van der Waals surface area contributed by atoms with Crippen molar-refractivity contribution in [1.82, 2.24) is 5.32 Å². The lowest BCUT2D eigenvalue weighted by atomic mass is 10.0. The molecule has 0 heterocycles. The van der Waals surface area contributed by atoms with Crippen LogP contribution in [-0.2, 0) is 14.3 Å². The van der Waals surface area contributed by atoms with Crippen molar-refractivity contribution in [2.45, 2.75) is 296 Å². The first-order valence-electron chi connectivity index (χ1n) is 26.7. The van der Waals surface area contributed by atoms with Gasteiger partial charge in [-0.3, -0.25) is 9.59 Å². The van der Waals surface area contributed by atoms with Crippen LogP contribution in [0.5, 0.6) is 0 Å². The van der Waals surface area contributed by atoms with Gasteiger partial charge in [-0.15, -0.1) is 0 Å². The predicted octanol–water partition coefficient (Wildman–Crippen LogP) is 16.1. The van der Waals surface area contributed by atoms with Crippen molar-refractivity contribution in [1.29, 1.82) is 0 Å². The number of carbonyl (C=O) groups excluding carboxylic acids is 2. The Morgan fingerprint density at radius 2 is 0.836 bits per heavy atom. The minimum atomic E-state index is -0.792. The highest BCUT2D eigenvalue weighted by Crippen LogP contribution is 2.18. The highest BCUT2D eigenvalue weighted by Gasteiger charge is 2.24. The minimum Gasteiger partial charge on any atom is -0.462 e. The number of aliphatic hydroxyl groups is 2. The fourth-order valence-electron chi connectivity index (χ4n) is 8.10. The molecule has 0 fully saturated rings. The number of aliphatic hydroxyl groups excluding tert-OH is 2. The highest BCUT2D eigenvalue weighted by molar-refractivity contribution is 5.77. The number of esters is 1. The average Bonchev–Trinajstić information content (AvgIpc) is 3.25. The number of hydrogen-bond donors (Lipinski definition) is 3. The highest BCUT2D eigenvalue weighted by atomic mass is 16.5. The SMILES string of the molecule is CCCCC/C=C\C/C=C\CCCCCCCC(CC(=O)NC(CO)C(O)CCCCCCCCCCCCCCC)OC(=O)CCCCC/C=C\CCCCCCCCC. The zero-order valence-corrected chi connectivity index (χ0v) is 40.8. The van der Waals surface area contributed by atoms with E-state index in [1.807, 2.05) is 0 Å². The lowest BCUT2D eigenvalue weighted by Crippen LogP contribution is -2.46. The third-order valence-corrected chi connectivity index (χ3v) is 12.2. The molecule has 358 valence electrons. The van der Waals surface area contributed by atoms with Crippen molar-refractivity contribution in [2.75, 3.05) is 6.61 Å². The summed E-state index contributed by atoms with van der Waals surface area (Å²) in [6, 6.07) is -0.707. The molecule has 0 aliphatic carbocycles. The van der Waals surface area contributed by atoms with Gasteiger partial charge in [-0.25, -0.2) is 0 Å². The van der Waals surface area contributed by atoms with E-state index in [0.717, 1.165) is 77.0 Å². The number of nitrogens with one attached hydrogen (secondary N) is 1. The van der Waals surface area contributed by atoms with E-state index in [1.165, 1.54) is 154 Å². The van der Waals surface area contributed by atoms with Crippen LogP contribution < -0.4 is 5.32 Å². The largest absolute Gasteiger partial charge is 0.462 e. The standard InChI is InChI=1S/C55H103NO5/c1-4-7-10-13-16-19-22-25-27-29-31-34-37-40-43-46-51(61-55(60)48-45-42-39-36-33-30-26-23-20-17-14-11-8-5-2)49-54(59)56-52(50-57)53(58)47-44-41-38-35-32-28-24-21-18-15-12-9-6-3/h16,19,25,27,30,33,51-53,57-58H,4-15,17-18,20-24,26,28-29,31-32,34-50H2,1-3H3,(H,56,59)/b19-16-,27-25-,33-30-. The van der Waals surface area contributed by atoms with E-state index in [2.05, 4.69) is 62.5 Å². The number of allylic oxidation sites excluding steroid dienone is 6. The molecule has 0 aromatic carbocycles. The van der Waals surface area contributed by atoms with Crippen molar-refractivity contribution < 1.29 is 24.5 Å². The molecule has 0 aromatic heterocycles. The van der Waals surface area contributed by atoms with Crippen LogP contribution in [-0.4, -0.2) is 46.9 Å². The zero-order valence-electron chi connectivity index (χ0n) is 40.8. The molecule has 0 spiro atoms. The van der Waals surface area contributed by atoms with Gasteiger partial charge >= 0.3 is 5.97 Å². The number of rotatable bonds is 48. The van der Waals surface area contributed by atoms with Crippen LogP contribution in [0.4, 0.5) is 0 Å². The van der Waals surface area contributed by atoms with E-state index in [1.54, 1.807) is 0 Å². The molecule has 3 unspecified atom stereocenters. The fraction of sp³-hybridized carbons (Fsp3) is 0.855. The fourth-order valence-corrected chi connectivity index (χ4v) is 8.10. The molecule has 6 heteroatoms. The second kappa shape index (κ2) is 49.1. The van der Waals surface area contributed by atoms with Crippen molar-refractivity contribution in [3.8, 4) is 0 Å². The van der Waals surface area contributed by atoms with Crippen LogP contribution in [0, 0.1) is 0 Å². The number of ether oxygens (including phenoxy) is 1. The first kappa shape index (κ1) is 59.1. The lowest BCUT2D eigenvalue weighted by Gasteiger charge is -2.24. The topological polar surface area (TPSA) is 95.9 Å². The minimum absolute atomic E-state index is 0.0646. The number of hydrogen-bond acceptors (Lipinski definition) is 5. The maximum Gasteiger partial charge on any atom is 0.306 e. The van der Waals surface area contributed by atoms with Crippen molar-refractivity contribution in [2.24, 2.45) is 0 Å². The van der Waals surface area contributed by atoms with Gasteiger partial charge in [-0.05, 0) is 83.5 Å². The Labute approximate surface area is 379 Å². The Kier molecular flexibility index (Phi) is 47.6. The van der Waals surface area contributed by atoms with Gasteiger partial charge in [0.15, 0.2) is 0 Å². The van der Waals surface area contributed by atoms with Gasteiger partial charge in [0.1, 0.15) is 6.10 Å². The van der Waals surface area contributed by atoms with Crippen LogP contribution in [0.25, 0.3) is 0 Å². The van der Waals surface area contributed by atoms with Gasteiger partial charge in [0.2, 0.25) is 5.91 Å². The predicted molar refractivity (Wildman–Crippen MR) is 264 cm³/mol. The monoisotopic (exact) mass is 858 g/mol. The molecular weight excluding hydrogens is 755 g/mol. The third kappa shape index (κ3) is 44.5. The van der Waals surface area contributed by atoms with E-state index in [0.29, 0.717) is 19.3 Å². The van der Waals surface area contributed by atoms with Crippen LogP contribution in [0.1, 0.15) is 278 Å². The Hall–Kier alpha value is -1.92. The maximum absolute atomic E-state index is 13.2. The Morgan fingerprint density at radius 1 is 0.475 bits per heavy atom. The van der Waals surface area contributed by atoms with E-state index in [-0.39, 0.29) is 24.9 Å². The van der Waals surface area contributed by atoms with Gasteiger partial charge in [0, 0.05) is 6.42 Å². The molecule has 3 atom stereocenters. The molecule has 6 nitrogen and oxygen atoms in total. The molecular formula is C55H103NO5. The first-order valence-corrected chi connectivity index (χ1v) is 26.7. The van der Waals surface area contributed by atoms with Gasteiger partial charge in [-0.1, -0.05) is 218 Å². The van der Waals surface area contributed by atoms with Gasteiger partial charge in [0.25, 0.3) is 0 Å². The van der Waals surface area contributed by atoms with Gasteiger partial charge < -0.3 is 20.3 Å². The molecule has 0 saturated heterocycles. The molecule has 0 aliphatic rings. The summed E-state index contributed by atoms with van der Waals surface area (Å²) in [5.74, 6) is -0.497. The van der Waals surface area contributed by atoms with Crippen LogP contribution in [0.2, 0.25) is 0 Å². The molecule has 0 aromatic rings. The second-order valence-electron chi connectivity index (χ2n) is 18.3. The van der Waals surface area contributed by atoms with Crippen LogP contribution >= 0.6 is 0 Å². The third-order valence-electron chi connectivity index (χ3n) is 12.2. The van der Waals surface area contributed by atoms with E-state index >= 15 is 0 Å². The summed E-state index contributed by atoms with van der Waals surface area (Å²) < 4.78 is 5.93. The van der Waals surface area contributed by atoms with Crippen molar-refractivity contribution >= 4 is 11.9 Å². The summed E-state index contributed by atoms with van der Waals surface area (Å²) in [7, 11) is 0. The molecule has 0 rings (SSSR count). The summed E-state index contributed by atoms with van der Waals surface area (Å²) >= 11 is 0. The van der Waals surface area contributed by atoms with E-state index in [9.17, 15) is 19.8 Å². The summed E-state index contributed by atoms with van der Waals surface area (Å²) in [5.41, 5.74) is 0. The summed E-state index contributed by atoms with van der Waals surface area (Å²) in [4.78, 5) is 26.2. The number of carbonyl (C=O) groups is 2. The Balaban J connectivity index is 4.61. The molecule has 0 bridgehead atoms. The number of unbranched alkanes of at least 4 members (excludes halogenated alkanes) is 30. The molecule has 0 saturated carbocycles. The summed E-state index contributed by atoms with van der Waals surface area (Å²) in [6.07, 6.45) is 57.7. The normalized spacial score (nSPS) is 13.5. The average molecular weight is 858 g/mol. The van der Waals surface area contributed by atoms with Crippen LogP contribution in [0.15, 0.2) is 36.5 Å².